The quantitative estimate of drug-likeness (QED) is 0.432. The third kappa shape index (κ3) is 3.85. The number of esters is 2. The highest BCUT2D eigenvalue weighted by Gasteiger charge is 2.17. The molecule has 0 N–H and O–H groups in total. The fraction of sp³-hybridized carbons (Fsp3) is 0.0909. The summed E-state index contributed by atoms with van der Waals surface area (Å²) >= 11 is 1.52. The molecule has 150 valence electrons. The normalized spacial score (nSPS) is 10.6. The SMILES string of the molecule is COC(=O)c1cc(Oc2ncnc3sc(-c4ccccc4)cc23)cc(C(=O)OC)c1. The zero-order chi connectivity index (χ0) is 21.1. The first-order valence-electron chi connectivity index (χ1n) is 8.88. The van der Waals surface area contributed by atoms with E-state index in [2.05, 4.69) is 9.97 Å². The van der Waals surface area contributed by atoms with Gasteiger partial charge in [-0.05, 0) is 29.8 Å². The smallest absolute Gasteiger partial charge is 0.338 e. The van der Waals surface area contributed by atoms with Crippen molar-refractivity contribution in [3.63, 3.8) is 0 Å². The average molecular weight is 420 g/mol. The van der Waals surface area contributed by atoms with Gasteiger partial charge in [0.1, 0.15) is 16.9 Å². The Hall–Kier alpha value is -3.78. The molecule has 4 rings (SSSR count). The van der Waals surface area contributed by atoms with E-state index in [0.29, 0.717) is 5.88 Å². The number of hydrogen-bond acceptors (Lipinski definition) is 8. The van der Waals surface area contributed by atoms with Crippen LogP contribution in [0.5, 0.6) is 11.6 Å². The molecule has 4 aromatic rings. The number of thiophene rings is 1. The summed E-state index contributed by atoms with van der Waals surface area (Å²) in [6.07, 6.45) is 1.41. The van der Waals surface area contributed by atoms with E-state index < -0.39 is 11.9 Å². The molecule has 0 atom stereocenters. The molecule has 7 nitrogen and oxygen atoms in total. The minimum atomic E-state index is -0.597. The summed E-state index contributed by atoms with van der Waals surface area (Å²) in [7, 11) is 2.52. The van der Waals surface area contributed by atoms with Crippen LogP contribution in [0.25, 0.3) is 20.7 Å². The predicted molar refractivity (Wildman–Crippen MR) is 112 cm³/mol. The Morgan fingerprint density at radius 2 is 1.53 bits per heavy atom. The lowest BCUT2D eigenvalue weighted by Crippen LogP contribution is -2.07. The van der Waals surface area contributed by atoms with Crippen molar-refractivity contribution < 1.29 is 23.8 Å². The van der Waals surface area contributed by atoms with Crippen molar-refractivity contribution in [2.24, 2.45) is 0 Å². The first-order chi connectivity index (χ1) is 14.6. The maximum atomic E-state index is 12.0. The molecule has 0 aliphatic rings. The van der Waals surface area contributed by atoms with E-state index in [9.17, 15) is 9.59 Å². The van der Waals surface area contributed by atoms with Crippen LogP contribution >= 0.6 is 11.3 Å². The number of carbonyl (C=O) groups is 2. The summed E-state index contributed by atoms with van der Waals surface area (Å²) in [5.41, 5.74) is 1.39. The Morgan fingerprint density at radius 3 is 2.17 bits per heavy atom. The molecule has 0 bridgehead atoms. The van der Waals surface area contributed by atoms with E-state index >= 15 is 0 Å². The number of hydrogen-bond donors (Lipinski definition) is 0. The van der Waals surface area contributed by atoms with Crippen LogP contribution in [0.4, 0.5) is 0 Å². The maximum absolute atomic E-state index is 12.0. The number of carbonyl (C=O) groups excluding carboxylic acids is 2. The Bertz CT molecular complexity index is 1200. The van der Waals surface area contributed by atoms with Gasteiger partial charge in [-0.15, -0.1) is 11.3 Å². The number of aromatic nitrogens is 2. The molecule has 0 fully saturated rings. The number of benzene rings is 2. The molecule has 2 aromatic heterocycles. The van der Waals surface area contributed by atoms with Crippen LogP contribution in [0.2, 0.25) is 0 Å². The van der Waals surface area contributed by atoms with Gasteiger partial charge in [0.2, 0.25) is 5.88 Å². The van der Waals surface area contributed by atoms with Crippen LogP contribution in [0.1, 0.15) is 20.7 Å². The van der Waals surface area contributed by atoms with E-state index in [1.165, 1.54) is 50.1 Å². The van der Waals surface area contributed by atoms with E-state index in [-0.39, 0.29) is 16.9 Å². The fourth-order valence-corrected chi connectivity index (χ4v) is 3.90. The van der Waals surface area contributed by atoms with Crippen molar-refractivity contribution in [3.8, 4) is 22.1 Å². The van der Waals surface area contributed by atoms with Gasteiger partial charge >= 0.3 is 11.9 Å². The van der Waals surface area contributed by atoms with Gasteiger partial charge in [0.05, 0.1) is 30.7 Å². The van der Waals surface area contributed by atoms with E-state index in [0.717, 1.165) is 20.7 Å². The summed E-state index contributed by atoms with van der Waals surface area (Å²) in [4.78, 5) is 34.3. The van der Waals surface area contributed by atoms with E-state index in [1.807, 2.05) is 36.4 Å². The van der Waals surface area contributed by atoms with Gasteiger partial charge in [-0.25, -0.2) is 19.6 Å². The first-order valence-corrected chi connectivity index (χ1v) is 9.70. The van der Waals surface area contributed by atoms with Crippen molar-refractivity contribution in [1.29, 1.82) is 0 Å². The van der Waals surface area contributed by atoms with Gasteiger partial charge in [0.15, 0.2) is 0 Å². The largest absolute Gasteiger partial charge is 0.465 e. The summed E-state index contributed by atoms with van der Waals surface area (Å²) in [5, 5.41) is 0.726. The zero-order valence-corrected chi connectivity index (χ0v) is 16.9. The van der Waals surface area contributed by atoms with Gasteiger partial charge in [0.25, 0.3) is 0 Å². The molecule has 2 aromatic carbocycles. The second-order valence-electron chi connectivity index (χ2n) is 6.21. The zero-order valence-electron chi connectivity index (χ0n) is 16.1. The molecule has 0 spiro atoms. The molecule has 0 aliphatic carbocycles. The second-order valence-corrected chi connectivity index (χ2v) is 7.24. The third-order valence-corrected chi connectivity index (χ3v) is 5.41. The number of nitrogens with zero attached hydrogens (tertiary/aromatic N) is 2. The molecular weight excluding hydrogens is 404 g/mol. The summed E-state index contributed by atoms with van der Waals surface area (Å²) in [6.45, 7) is 0. The van der Waals surface area contributed by atoms with Gasteiger partial charge in [0, 0.05) is 4.88 Å². The van der Waals surface area contributed by atoms with Crippen LogP contribution in [0.15, 0.2) is 60.9 Å². The molecule has 0 unspecified atom stereocenters. The topological polar surface area (TPSA) is 87.6 Å². The standard InChI is InChI=1S/C22H16N2O5S/c1-27-21(25)14-8-15(22(26)28-2)10-16(9-14)29-19-17-11-18(13-6-4-3-5-7-13)30-20(17)24-12-23-19/h3-12H,1-2H3. The number of rotatable bonds is 5. The first kappa shape index (κ1) is 19.5. The van der Waals surface area contributed by atoms with Crippen molar-refractivity contribution in [1.82, 2.24) is 9.97 Å². The Balaban J connectivity index is 1.76. The van der Waals surface area contributed by atoms with E-state index in [1.54, 1.807) is 0 Å². The van der Waals surface area contributed by atoms with Crippen LogP contribution in [0.3, 0.4) is 0 Å². The summed E-state index contributed by atoms with van der Waals surface area (Å²) in [5.74, 6) is -0.623. The Kier molecular flexibility index (Phi) is 5.40. The highest BCUT2D eigenvalue weighted by atomic mass is 32.1. The number of fused-ring (bicyclic) bond motifs is 1. The van der Waals surface area contributed by atoms with Gasteiger partial charge < -0.3 is 14.2 Å². The molecule has 8 heteroatoms. The fourth-order valence-electron chi connectivity index (χ4n) is 2.90. The van der Waals surface area contributed by atoms with Gasteiger partial charge in [-0.1, -0.05) is 30.3 Å². The average Bonchev–Trinajstić information content (AvgIpc) is 3.24. The van der Waals surface area contributed by atoms with E-state index in [4.69, 9.17) is 14.2 Å². The maximum Gasteiger partial charge on any atom is 0.338 e. The molecule has 0 aliphatic heterocycles. The van der Waals surface area contributed by atoms with Crippen molar-refractivity contribution in [2.75, 3.05) is 14.2 Å². The van der Waals surface area contributed by atoms with Crippen molar-refractivity contribution in [3.05, 3.63) is 72.1 Å². The lowest BCUT2D eigenvalue weighted by molar-refractivity contribution is 0.0598. The lowest BCUT2D eigenvalue weighted by Gasteiger charge is -2.09. The van der Waals surface area contributed by atoms with Crippen LogP contribution in [0, 0.1) is 0 Å². The summed E-state index contributed by atoms with van der Waals surface area (Å²) in [6, 6.07) is 16.2. The number of ether oxygens (including phenoxy) is 3. The van der Waals surface area contributed by atoms with Crippen LogP contribution in [-0.2, 0) is 9.47 Å². The lowest BCUT2D eigenvalue weighted by atomic mass is 10.1. The Morgan fingerprint density at radius 1 is 0.867 bits per heavy atom. The molecule has 30 heavy (non-hydrogen) atoms. The number of methoxy groups -OCH3 is 2. The molecule has 2 heterocycles. The van der Waals surface area contributed by atoms with Crippen LogP contribution in [-0.4, -0.2) is 36.1 Å². The molecule has 0 amide bonds. The second kappa shape index (κ2) is 8.30. The van der Waals surface area contributed by atoms with Crippen LogP contribution < -0.4 is 4.74 Å². The monoisotopic (exact) mass is 420 g/mol. The highest BCUT2D eigenvalue weighted by Crippen LogP contribution is 2.37. The minimum Gasteiger partial charge on any atom is -0.465 e. The highest BCUT2D eigenvalue weighted by molar-refractivity contribution is 7.21. The minimum absolute atomic E-state index is 0.163. The predicted octanol–water partition coefficient (Wildman–Crippen LogP) is 4.72. The van der Waals surface area contributed by atoms with Gasteiger partial charge in [-0.3, -0.25) is 0 Å². The molecule has 0 radical (unpaired) electrons. The van der Waals surface area contributed by atoms with Crippen molar-refractivity contribution in [2.45, 2.75) is 0 Å². The van der Waals surface area contributed by atoms with Gasteiger partial charge in [-0.2, -0.15) is 0 Å². The third-order valence-electron chi connectivity index (χ3n) is 4.31. The Labute approximate surface area is 175 Å². The van der Waals surface area contributed by atoms with Crippen molar-refractivity contribution >= 4 is 33.5 Å². The molecular formula is C22H16N2O5S. The molecule has 0 saturated carbocycles. The summed E-state index contributed by atoms with van der Waals surface area (Å²) < 4.78 is 15.5. The molecule has 0 saturated heterocycles.